The van der Waals surface area contributed by atoms with Gasteiger partial charge in [-0.1, -0.05) is 25.4 Å². The highest BCUT2D eigenvalue weighted by atomic mass is 35.5. The normalized spacial score (nSPS) is 12.1. The number of benzene rings is 2. The number of esters is 1. The van der Waals surface area contributed by atoms with Crippen molar-refractivity contribution in [3.05, 3.63) is 47.5 Å². The maximum Gasteiger partial charge on any atom is 0.328 e. The molecule has 0 spiro atoms. The van der Waals surface area contributed by atoms with Gasteiger partial charge in [0, 0.05) is 17.1 Å². The summed E-state index contributed by atoms with van der Waals surface area (Å²) in [6.45, 7) is 3.95. The summed E-state index contributed by atoms with van der Waals surface area (Å²) in [7, 11) is 1.47. The molecule has 1 atom stereocenters. The Morgan fingerprint density at radius 3 is 2.67 bits per heavy atom. The molecule has 0 saturated heterocycles. The molecular weight excluding hydrogens is 411 g/mol. The Balaban J connectivity index is 1.97. The molecule has 0 saturated carbocycles. The number of ether oxygens (including phenoxy) is 2. The van der Waals surface area contributed by atoms with Crippen LogP contribution in [0.1, 0.15) is 20.3 Å². The van der Waals surface area contributed by atoms with Crippen molar-refractivity contribution in [3.8, 4) is 11.5 Å². The van der Waals surface area contributed by atoms with Crippen LogP contribution < -0.4 is 20.5 Å². The molecule has 1 heterocycles. The smallest absolute Gasteiger partial charge is 0.328 e. The van der Waals surface area contributed by atoms with Crippen LogP contribution in [0.5, 0.6) is 11.5 Å². The second-order valence-corrected chi connectivity index (χ2v) is 7.56. The summed E-state index contributed by atoms with van der Waals surface area (Å²) in [5.41, 5.74) is 7.03. The first-order chi connectivity index (χ1) is 14.3. The van der Waals surface area contributed by atoms with Crippen LogP contribution in [-0.4, -0.2) is 29.1 Å². The molecule has 0 bridgehead atoms. The van der Waals surface area contributed by atoms with Crippen molar-refractivity contribution >= 4 is 40.0 Å². The average molecular weight is 433 g/mol. The maximum absolute atomic E-state index is 13.4. The number of methoxy groups -OCH3 is 1. The van der Waals surface area contributed by atoms with Crippen LogP contribution in [0, 0.1) is 11.7 Å². The third-order valence-corrected chi connectivity index (χ3v) is 4.63. The fourth-order valence-electron chi connectivity index (χ4n) is 2.90. The van der Waals surface area contributed by atoms with Crippen LogP contribution in [0.2, 0.25) is 5.02 Å². The second-order valence-electron chi connectivity index (χ2n) is 7.15. The Bertz CT molecular complexity index is 1080. The second kappa shape index (κ2) is 9.23. The number of nitrogens with zero attached hydrogens (tertiary/aromatic N) is 2. The molecule has 158 valence electrons. The van der Waals surface area contributed by atoms with Crippen molar-refractivity contribution in [1.29, 1.82) is 0 Å². The van der Waals surface area contributed by atoms with Crippen LogP contribution in [0.15, 0.2) is 36.7 Å². The fourth-order valence-corrected chi connectivity index (χ4v) is 3.08. The van der Waals surface area contributed by atoms with E-state index in [1.165, 1.54) is 31.6 Å². The van der Waals surface area contributed by atoms with E-state index >= 15 is 0 Å². The summed E-state index contributed by atoms with van der Waals surface area (Å²) in [6, 6.07) is 6.71. The first-order valence-electron chi connectivity index (χ1n) is 9.30. The van der Waals surface area contributed by atoms with Gasteiger partial charge in [-0.2, -0.15) is 0 Å². The highest BCUT2D eigenvalue weighted by Gasteiger charge is 2.20. The minimum Gasteiger partial charge on any atom is -0.493 e. The quantitative estimate of drug-likeness (QED) is 0.420. The maximum atomic E-state index is 13.4. The lowest BCUT2D eigenvalue weighted by Crippen LogP contribution is -2.35. The number of hydrogen-bond acceptors (Lipinski definition) is 7. The lowest BCUT2D eigenvalue weighted by molar-refractivity contribution is -0.136. The first-order valence-corrected chi connectivity index (χ1v) is 9.68. The Hall–Kier alpha value is -2.97. The summed E-state index contributed by atoms with van der Waals surface area (Å²) >= 11 is 5.85. The van der Waals surface area contributed by atoms with E-state index in [-0.39, 0.29) is 16.7 Å². The van der Waals surface area contributed by atoms with Crippen molar-refractivity contribution in [2.24, 2.45) is 11.7 Å². The van der Waals surface area contributed by atoms with E-state index in [1.54, 1.807) is 12.1 Å². The standard InChI is InChI=1S/C21H22ClFN4O3/c1-11(2)6-16(24)21(28)30-19-8-13-17(9-18(19)29-3)25-10-26-20(13)27-12-4-5-15(23)14(22)7-12/h4-5,7-11,16H,6,24H2,1-3H3,(H,25,26,27)/t16-/m0/s1. The Kier molecular flexibility index (Phi) is 6.69. The summed E-state index contributed by atoms with van der Waals surface area (Å²) < 4.78 is 24.3. The predicted octanol–water partition coefficient (Wildman–Crippen LogP) is 4.45. The van der Waals surface area contributed by atoms with Crippen molar-refractivity contribution in [2.45, 2.75) is 26.3 Å². The van der Waals surface area contributed by atoms with Gasteiger partial charge in [0.15, 0.2) is 11.5 Å². The van der Waals surface area contributed by atoms with E-state index in [0.29, 0.717) is 34.6 Å². The average Bonchev–Trinajstić information content (AvgIpc) is 2.70. The van der Waals surface area contributed by atoms with Crippen molar-refractivity contribution in [2.75, 3.05) is 12.4 Å². The number of carbonyl (C=O) groups is 1. The molecule has 3 aromatic rings. The highest BCUT2D eigenvalue weighted by Crippen LogP contribution is 2.35. The molecule has 7 nitrogen and oxygen atoms in total. The zero-order valence-corrected chi connectivity index (χ0v) is 17.5. The third-order valence-electron chi connectivity index (χ3n) is 4.34. The van der Waals surface area contributed by atoms with E-state index in [0.717, 1.165) is 0 Å². The summed E-state index contributed by atoms with van der Waals surface area (Å²) in [4.78, 5) is 20.9. The molecular formula is C21H22ClFN4O3. The number of halogens is 2. The van der Waals surface area contributed by atoms with Gasteiger partial charge in [0.05, 0.1) is 17.6 Å². The van der Waals surface area contributed by atoms with E-state index < -0.39 is 17.8 Å². The van der Waals surface area contributed by atoms with Gasteiger partial charge in [0.1, 0.15) is 24.0 Å². The Morgan fingerprint density at radius 2 is 2.00 bits per heavy atom. The SMILES string of the molecule is COc1cc2ncnc(Nc3ccc(F)c(Cl)c3)c2cc1OC(=O)[C@@H](N)CC(C)C. The van der Waals surface area contributed by atoms with Crippen molar-refractivity contribution in [1.82, 2.24) is 9.97 Å². The van der Waals surface area contributed by atoms with Crippen molar-refractivity contribution in [3.63, 3.8) is 0 Å². The highest BCUT2D eigenvalue weighted by molar-refractivity contribution is 6.31. The molecule has 0 fully saturated rings. The lowest BCUT2D eigenvalue weighted by atomic mass is 10.1. The molecule has 0 aliphatic rings. The number of carbonyl (C=O) groups excluding carboxylic acids is 1. The first kappa shape index (κ1) is 21.7. The molecule has 0 aliphatic heterocycles. The van der Waals surface area contributed by atoms with E-state index in [9.17, 15) is 9.18 Å². The zero-order valence-electron chi connectivity index (χ0n) is 16.8. The Labute approximate surface area is 178 Å². The number of nitrogens with one attached hydrogen (secondary N) is 1. The number of nitrogens with two attached hydrogens (primary N) is 1. The molecule has 0 unspecified atom stereocenters. The summed E-state index contributed by atoms with van der Waals surface area (Å²) in [6.07, 6.45) is 1.87. The number of aromatic nitrogens is 2. The largest absolute Gasteiger partial charge is 0.493 e. The van der Waals surface area contributed by atoms with Gasteiger partial charge in [-0.25, -0.2) is 19.2 Å². The molecule has 3 rings (SSSR count). The van der Waals surface area contributed by atoms with Crippen molar-refractivity contribution < 1.29 is 18.7 Å². The predicted molar refractivity (Wildman–Crippen MR) is 114 cm³/mol. The number of anilines is 2. The van der Waals surface area contributed by atoms with E-state index in [4.69, 9.17) is 26.8 Å². The molecule has 3 N–H and O–H groups in total. The van der Waals surface area contributed by atoms with Gasteiger partial charge < -0.3 is 20.5 Å². The summed E-state index contributed by atoms with van der Waals surface area (Å²) in [5.74, 6) is 0.127. The molecule has 0 aliphatic carbocycles. The van der Waals surface area contributed by atoms with Gasteiger partial charge in [-0.3, -0.25) is 0 Å². The molecule has 1 aromatic heterocycles. The molecule has 0 radical (unpaired) electrons. The topological polar surface area (TPSA) is 99.4 Å². The van der Waals surface area contributed by atoms with Gasteiger partial charge in [-0.15, -0.1) is 0 Å². The minimum atomic E-state index is -0.753. The number of fused-ring (bicyclic) bond motifs is 1. The van der Waals surface area contributed by atoms with E-state index in [1.807, 2.05) is 13.8 Å². The Morgan fingerprint density at radius 1 is 1.23 bits per heavy atom. The van der Waals surface area contributed by atoms with Crippen LogP contribution in [0.25, 0.3) is 10.9 Å². The zero-order chi connectivity index (χ0) is 21.8. The minimum absolute atomic E-state index is 0.0196. The van der Waals surface area contributed by atoms with Crippen LogP contribution in [-0.2, 0) is 4.79 Å². The van der Waals surface area contributed by atoms with Crippen LogP contribution >= 0.6 is 11.6 Å². The lowest BCUT2D eigenvalue weighted by Gasteiger charge is -2.16. The number of hydrogen-bond donors (Lipinski definition) is 2. The summed E-state index contributed by atoms with van der Waals surface area (Å²) in [5, 5.41) is 3.62. The fraction of sp³-hybridized carbons (Fsp3) is 0.286. The van der Waals surface area contributed by atoms with E-state index in [2.05, 4.69) is 15.3 Å². The molecule has 9 heteroatoms. The monoisotopic (exact) mass is 432 g/mol. The van der Waals surface area contributed by atoms with Crippen LogP contribution in [0.4, 0.5) is 15.9 Å². The van der Waals surface area contributed by atoms with Crippen LogP contribution in [0.3, 0.4) is 0 Å². The number of rotatable bonds is 7. The van der Waals surface area contributed by atoms with Gasteiger partial charge >= 0.3 is 5.97 Å². The molecule has 30 heavy (non-hydrogen) atoms. The molecule has 2 aromatic carbocycles. The van der Waals surface area contributed by atoms with Gasteiger partial charge in [0.2, 0.25) is 0 Å². The van der Waals surface area contributed by atoms with Gasteiger partial charge in [-0.05, 0) is 36.6 Å². The van der Waals surface area contributed by atoms with Gasteiger partial charge in [0.25, 0.3) is 0 Å². The molecule has 0 amide bonds. The third kappa shape index (κ3) is 4.95.